The molecule has 3 aliphatic rings. The molecule has 0 amide bonds. The lowest BCUT2D eigenvalue weighted by molar-refractivity contribution is 0.0696. The topological polar surface area (TPSA) is 67.8 Å². The third-order valence-corrected chi connectivity index (χ3v) is 7.10. The number of nitrogens with one attached hydrogen (secondary N) is 1. The minimum Gasteiger partial charge on any atom is -0.493 e. The largest absolute Gasteiger partial charge is 0.493 e. The summed E-state index contributed by atoms with van der Waals surface area (Å²) >= 11 is 0. The van der Waals surface area contributed by atoms with E-state index in [9.17, 15) is 9.90 Å². The van der Waals surface area contributed by atoms with Crippen LogP contribution in [0.3, 0.4) is 0 Å². The predicted molar refractivity (Wildman–Crippen MR) is 106 cm³/mol. The highest BCUT2D eigenvalue weighted by atomic mass is 16.5. The molecule has 2 fully saturated rings. The molecule has 5 atom stereocenters. The second-order valence-corrected chi connectivity index (χ2v) is 8.28. The van der Waals surface area contributed by atoms with Crippen LogP contribution >= 0.6 is 0 Å². The lowest BCUT2D eigenvalue weighted by Crippen LogP contribution is -2.35. The highest BCUT2D eigenvalue weighted by Gasteiger charge is 2.53. The molecule has 0 spiro atoms. The molecule has 0 unspecified atom stereocenters. The van der Waals surface area contributed by atoms with Crippen LogP contribution in [-0.2, 0) is 0 Å². The highest BCUT2D eigenvalue weighted by Crippen LogP contribution is 2.63. The number of rotatable bonds is 4. The van der Waals surface area contributed by atoms with E-state index in [4.69, 9.17) is 9.47 Å². The number of benzene rings is 2. The van der Waals surface area contributed by atoms with E-state index in [2.05, 4.69) is 17.4 Å². The van der Waals surface area contributed by atoms with Crippen molar-refractivity contribution in [3.05, 3.63) is 53.1 Å². The van der Waals surface area contributed by atoms with Crippen molar-refractivity contribution in [3.63, 3.8) is 0 Å². The Kier molecular flexibility index (Phi) is 4.00. The number of fused-ring (bicyclic) bond motifs is 7. The molecule has 5 rings (SSSR count). The van der Waals surface area contributed by atoms with Gasteiger partial charge in [-0.15, -0.1) is 0 Å². The fourth-order valence-electron chi connectivity index (χ4n) is 6.00. The molecule has 2 N–H and O–H groups in total. The Balaban J connectivity index is 1.60. The van der Waals surface area contributed by atoms with E-state index in [1.165, 1.54) is 30.4 Å². The smallest absolute Gasteiger partial charge is 0.335 e. The molecule has 5 nitrogen and oxygen atoms in total. The third-order valence-electron chi connectivity index (χ3n) is 7.10. The Bertz CT molecular complexity index is 940. The quantitative estimate of drug-likeness (QED) is 0.806. The number of methoxy groups -OCH3 is 2. The van der Waals surface area contributed by atoms with Gasteiger partial charge >= 0.3 is 5.97 Å². The average molecular weight is 379 g/mol. The molecule has 5 heteroatoms. The molecule has 2 bridgehead atoms. The Hall–Kier alpha value is -2.69. The normalized spacial score (nSPS) is 29.6. The van der Waals surface area contributed by atoms with E-state index in [-0.39, 0.29) is 6.04 Å². The monoisotopic (exact) mass is 379 g/mol. The molecular weight excluding hydrogens is 354 g/mol. The van der Waals surface area contributed by atoms with Gasteiger partial charge in [-0.05, 0) is 84.4 Å². The molecule has 0 radical (unpaired) electrons. The summed E-state index contributed by atoms with van der Waals surface area (Å²) in [5.41, 5.74) is 3.84. The fourth-order valence-corrected chi connectivity index (χ4v) is 6.00. The molecular formula is C23H25NO4. The molecule has 2 aromatic rings. The van der Waals surface area contributed by atoms with Gasteiger partial charge in [0.1, 0.15) is 0 Å². The summed E-state index contributed by atoms with van der Waals surface area (Å²) in [6, 6.07) is 11.9. The number of carboxylic acid groups (broad SMARTS) is 1. The first-order valence-corrected chi connectivity index (χ1v) is 9.96. The van der Waals surface area contributed by atoms with Gasteiger partial charge in [-0.3, -0.25) is 0 Å². The second-order valence-electron chi connectivity index (χ2n) is 8.28. The van der Waals surface area contributed by atoms with Crippen LogP contribution in [0, 0.1) is 17.8 Å². The van der Waals surface area contributed by atoms with Crippen LogP contribution in [0.1, 0.15) is 52.7 Å². The van der Waals surface area contributed by atoms with Crippen molar-refractivity contribution in [2.45, 2.75) is 31.2 Å². The molecule has 1 aliphatic heterocycles. The minimum absolute atomic E-state index is 0.197. The summed E-state index contributed by atoms with van der Waals surface area (Å²) in [5.74, 6) is 2.86. The summed E-state index contributed by atoms with van der Waals surface area (Å²) in [7, 11) is 3.32. The summed E-state index contributed by atoms with van der Waals surface area (Å²) in [6.45, 7) is 0. The SMILES string of the molecule is COc1ccc([C@@H]2Nc3ccc(C(=O)O)cc3[C@H]3[C@H]4CC[C@@H](C4)[C@H]32)cc1OC. The van der Waals surface area contributed by atoms with Crippen molar-refractivity contribution in [3.8, 4) is 11.5 Å². The summed E-state index contributed by atoms with van der Waals surface area (Å²) < 4.78 is 10.9. The molecule has 28 heavy (non-hydrogen) atoms. The number of aromatic carboxylic acids is 1. The molecule has 2 aliphatic carbocycles. The predicted octanol–water partition coefficient (Wildman–Crippen LogP) is 4.70. The van der Waals surface area contributed by atoms with E-state index in [1.807, 2.05) is 18.2 Å². The molecule has 0 saturated heterocycles. The van der Waals surface area contributed by atoms with Gasteiger partial charge in [0.25, 0.3) is 0 Å². The van der Waals surface area contributed by atoms with Gasteiger partial charge in [0.05, 0.1) is 25.8 Å². The van der Waals surface area contributed by atoms with E-state index >= 15 is 0 Å². The Morgan fingerprint density at radius 3 is 2.57 bits per heavy atom. The van der Waals surface area contributed by atoms with Gasteiger partial charge in [0.2, 0.25) is 0 Å². The average Bonchev–Trinajstić information content (AvgIpc) is 3.34. The maximum absolute atomic E-state index is 11.5. The van der Waals surface area contributed by atoms with Gasteiger partial charge in [-0.25, -0.2) is 4.79 Å². The van der Waals surface area contributed by atoms with Crippen LogP contribution in [0.15, 0.2) is 36.4 Å². The Labute approximate surface area is 164 Å². The van der Waals surface area contributed by atoms with Crippen LogP contribution in [-0.4, -0.2) is 25.3 Å². The van der Waals surface area contributed by atoms with Crippen LogP contribution in [0.25, 0.3) is 0 Å². The highest BCUT2D eigenvalue weighted by molar-refractivity contribution is 5.88. The summed E-state index contributed by atoms with van der Waals surface area (Å²) in [4.78, 5) is 11.5. The zero-order valence-electron chi connectivity index (χ0n) is 16.1. The van der Waals surface area contributed by atoms with Gasteiger partial charge in [-0.1, -0.05) is 6.07 Å². The molecule has 146 valence electrons. The van der Waals surface area contributed by atoms with Gasteiger partial charge in [0, 0.05) is 5.69 Å². The molecule has 1 heterocycles. The maximum Gasteiger partial charge on any atom is 0.335 e. The van der Waals surface area contributed by atoms with E-state index in [0.29, 0.717) is 29.2 Å². The number of hydrogen-bond donors (Lipinski definition) is 2. The molecule has 2 saturated carbocycles. The van der Waals surface area contributed by atoms with Crippen LogP contribution in [0.5, 0.6) is 11.5 Å². The number of carboxylic acids is 1. The van der Waals surface area contributed by atoms with Crippen LogP contribution in [0.2, 0.25) is 0 Å². The first-order chi connectivity index (χ1) is 13.6. The first-order valence-electron chi connectivity index (χ1n) is 9.96. The minimum atomic E-state index is -0.857. The Morgan fingerprint density at radius 2 is 1.82 bits per heavy atom. The Morgan fingerprint density at radius 1 is 1.04 bits per heavy atom. The second kappa shape index (κ2) is 6.43. The summed E-state index contributed by atoms with van der Waals surface area (Å²) in [6.07, 6.45) is 3.77. The van der Waals surface area contributed by atoms with Gasteiger partial charge < -0.3 is 19.9 Å². The first kappa shape index (κ1) is 17.4. The number of anilines is 1. The van der Waals surface area contributed by atoms with Crippen LogP contribution in [0.4, 0.5) is 5.69 Å². The van der Waals surface area contributed by atoms with Crippen molar-refractivity contribution in [2.24, 2.45) is 17.8 Å². The molecule has 0 aromatic heterocycles. The van der Waals surface area contributed by atoms with E-state index in [0.717, 1.165) is 17.2 Å². The zero-order chi connectivity index (χ0) is 19.4. The van der Waals surface area contributed by atoms with Gasteiger partial charge in [0.15, 0.2) is 11.5 Å². The number of carbonyl (C=O) groups is 1. The zero-order valence-corrected chi connectivity index (χ0v) is 16.1. The van der Waals surface area contributed by atoms with Crippen molar-refractivity contribution >= 4 is 11.7 Å². The summed E-state index contributed by atoms with van der Waals surface area (Å²) in [5, 5.41) is 13.2. The number of ether oxygens (including phenoxy) is 2. The maximum atomic E-state index is 11.5. The van der Waals surface area contributed by atoms with Gasteiger partial charge in [-0.2, -0.15) is 0 Å². The van der Waals surface area contributed by atoms with E-state index in [1.54, 1.807) is 20.3 Å². The van der Waals surface area contributed by atoms with Crippen molar-refractivity contribution in [1.29, 1.82) is 0 Å². The van der Waals surface area contributed by atoms with Crippen molar-refractivity contribution < 1.29 is 19.4 Å². The molecule has 2 aromatic carbocycles. The van der Waals surface area contributed by atoms with Crippen molar-refractivity contribution in [2.75, 3.05) is 19.5 Å². The third kappa shape index (κ3) is 2.49. The van der Waals surface area contributed by atoms with Crippen molar-refractivity contribution in [1.82, 2.24) is 0 Å². The van der Waals surface area contributed by atoms with E-state index < -0.39 is 5.97 Å². The number of hydrogen-bond acceptors (Lipinski definition) is 4. The fraction of sp³-hybridized carbons (Fsp3) is 0.435. The van der Waals surface area contributed by atoms with Crippen LogP contribution < -0.4 is 14.8 Å². The lowest BCUT2D eigenvalue weighted by Gasteiger charge is -2.43. The standard InChI is InChI=1S/C23H25NO4/c1-27-18-8-6-14(11-19(18)28-2)22-21-13-4-3-12(9-13)20(21)16-10-15(23(25)26)5-7-17(16)24-22/h5-8,10-13,20-22,24H,3-4,9H2,1-2H3,(H,25,26)/t12-,13-,20+,21+,22-/m0/s1. The lowest BCUT2D eigenvalue weighted by atomic mass is 9.68.